The Labute approximate surface area is 198 Å². The van der Waals surface area contributed by atoms with Crippen LogP contribution in [-0.4, -0.2) is 65.7 Å². The fraction of sp³-hybridized carbons (Fsp3) is 0.375. The van der Waals surface area contributed by atoms with E-state index in [9.17, 15) is 9.18 Å². The summed E-state index contributed by atoms with van der Waals surface area (Å²) in [5.74, 6) is 0.00244. The number of aryl methyl sites for hydroxylation is 1. The standard InChI is InChI=1S/C14H20FN3O2.C8H8N2S.C2H2/c1-11-9-17(10-20)4-5-18(11)14-13(15)7-12(8-16-14)3-2-6-19;1-9-8-10-6-4-2-3-5-7(6)11-8;1-2/h7-8,10-11,19H,2-6,9H2,1H3;2-5H,1H3,(H,9,10);1-2H/t11-;;/m0../s1. The van der Waals surface area contributed by atoms with Gasteiger partial charge in [0.2, 0.25) is 6.41 Å². The molecule has 2 N–H and O–H groups in total. The quantitative estimate of drug-likeness (QED) is 0.424. The van der Waals surface area contributed by atoms with Gasteiger partial charge in [0.1, 0.15) is 0 Å². The van der Waals surface area contributed by atoms with Crippen molar-refractivity contribution < 1.29 is 14.3 Å². The van der Waals surface area contributed by atoms with Crippen molar-refractivity contribution in [1.29, 1.82) is 0 Å². The molecule has 0 aliphatic carbocycles. The molecule has 9 heteroatoms. The summed E-state index contributed by atoms with van der Waals surface area (Å²) in [5.41, 5.74) is 1.86. The molecule has 4 rings (SSSR count). The molecule has 33 heavy (non-hydrogen) atoms. The van der Waals surface area contributed by atoms with Crippen LogP contribution in [0.5, 0.6) is 0 Å². The summed E-state index contributed by atoms with van der Waals surface area (Å²) in [7, 11) is 1.89. The van der Waals surface area contributed by atoms with Crippen molar-refractivity contribution in [3.63, 3.8) is 0 Å². The summed E-state index contributed by atoms with van der Waals surface area (Å²) in [6, 6.07) is 9.65. The predicted octanol–water partition coefficient (Wildman–Crippen LogP) is 3.40. The van der Waals surface area contributed by atoms with E-state index >= 15 is 0 Å². The van der Waals surface area contributed by atoms with Crippen molar-refractivity contribution >= 4 is 38.9 Å². The van der Waals surface area contributed by atoms with Gasteiger partial charge in [0, 0.05) is 45.5 Å². The second-order valence-electron chi connectivity index (χ2n) is 7.36. The third-order valence-electron chi connectivity index (χ3n) is 5.09. The lowest BCUT2D eigenvalue weighted by Gasteiger charge is -2.39. The Balaban J connectivity index is 0.000000249. The number of carbonyl (C=O) groups excluding carboxylic acids is 1. The van der Waals surface area contributed by atoms with E-state index in [1.165, 1.54) is 10.8 Å². The topological polar surface area (TPSA) is 81.6 Å². The summed E-state index contributed by atoms with van der Waals surface area (Å²) < 4.78 is 15.4. The normalized spacial score (nSPS) is 15.2. The summed E-state index contributed by atoms with van der Waals surface area (Å²) in [4.78, 5) is 22.9. The Bertz CT molecular complexity index is 1010. The fourth-order valence-corrected chi connectivity index (χ4v) is 4.30. The maximum atomic E-state index is 14.2. The maximum Gasteiger partial charge on any atom is 0.209 e. The molecule has 1 aliphatic rings. The third-order valence-corrected chi connectivity index (χ3v) is 6.14. The van der Waals surface area contributed by atoms with Crippen LogP contribution in [0.4, 0.5) is 15.3 Å². The van der Waals surface area contributed by atoms with Gasteiger partial charge in [-0.15, -0.1) is 12.8 Å². The van der Waals surface area contributed by atoms with Crippen LogP contribution in [0.25, 0.3) is 10.2 Å². The summed E-state index contributed by atoms with van der Waals surface area (Å²) in [5, 5.41) is 12.8. The van der Waals surface area contributed by atoms with Crippen LogP contribution in [0, 0.1) is 18.7 Å². The summed E-state index contributed by atoms with van der Waals surface area (Å²) >= 11 is 1.68. The highest BCUT2D eigenvalue weighted by Crippen LogP contribution is 2.24. The molecular formula is C24H30FN5O2S. The molecule has 0 spiro atoms. The first-order valence-electron chi connectivity index (χ1n) is 10.6. The first kappa shape index (κ1) is 26.0. The molecule has 7 nitrogen and oxygen atoms in total. The zero-order chi connectivity index (χ0) is 24.2. The number of rotatable bonds is 6. The molecule has 1 aromatic carbocycles. The van der Waals surface area contributed by atoms with Gasteiger partial charge in [0.25, 0.3) is 0 Å². The predicted molar refractivity (Wildman–Crippen MR) is 133 cm³/mol. The largest absolute Gasteiger partial charge is 0.396 e. The minimum Gasteiger partial charge on any atom is -0.396 e. The number of thiazole rings is 1. The highest BCUT2D eigenvalue weighted by molar-refractivity contribution is 7.22. The molecule has 1 saturated heterocycles. The van der Waals surface area contributed by atoms with Crippen molar-refractivity contribution in [2.45, 2.75) is 25.8 Å². The van der Waals surface area contributed by atoms with Gasteiger partial charge < -0.3 is 20.2 Å². The monoisotopic (exact) mass is 471 g/mol. The smallest absolute Gasteiger partial charge is 0.209 e. The minimum absolute atomic E-state index is 0.0410. The first-order chi connectivity index (χ1) is 16.0. The molecule has 176 valence electrons. The number of halogens is 1. The van der Waals surface area contributed by atoms with E-state index < -0.39 is 0 Å². The van der Waals surface area contributed by atoms with Gasteiger partial charge in [0.15, 0.2) is 16.8 Å². The van der Waals surface area contributed by atoms with Gasteiger partial charge >= 0.3 is 0 Å². The molecule has 1 amide bonds. The summed E-state index contributed by atoms with van der Waals surface area (Å²) in [6.07, 6.45) is 11.7. The minimum atomic E-state index is -0.341. The molecule has 1 fully saturated rings. The van der Waals surface area contributed by atoms with E-state index in [0.29, 0.717) is 38.3 Å². The molecule has 0 radical (unpaired) electrons. The number of aliphatic hydroxyl groups excluding tert-OH is 1. The Morgan fingerprint density at radius 1 is 1.33 bits per heavy atom. The van der Waals surface area contributed by atoms with Crippen molar-refractivity contribution in [2.75, 3.05) is 43.5 Å². The Kier molecular flexibility index (Phi) is 10.5. The molecule has 1 atom stereocenters. The van der Waals surface area contributed by atoms with Crippen LogP contribution in [-0.2, 0) is 11.2 Å². The molecule has 1 aliphatic heterocycles. The average Bonchev–Trinajstić information content (AvgIpc) is 3.28. The van der Waals surface area contributed by atoms with Crippen LogP contribution in [0.2, 0.25) is 0 Å². The molecule has 0 unspecified atom stereocenters. The number of pyridine rings is 1. The number of aliphatic hydroxyl groups is 1. The number of aromatic nitrogens is 2. The lowest BCUT2D eigenvalue weighted by atomic mass is 10.1. The number of hydrogen-bond donors (Lipinski definition) is 2. The fourth-order valence-electron chi connectivity index (χ4n) is 3.48. The lowest BCUT2D eigenvalue weighted by Crippen LogP contribution is -2.52. The number of carbonyl (C=O) groups is 1. The Morgan fingerprint density at radius 3 is 2.70 bits per heavy atom. The number of nitrogens with one attached hydrogen (secondary N) is 1. The van der Waals surface area contributed by atoms with Crippen LogP contribution in [0.3, 0.4) is 0 Å². The molecule has 2 aromatic heterocycles. The first-order valence-corrected chi connectivity index (χ1v) is 11.4. The van der Waals surface area contributed by atoms with E-state index in [1.807, 2.05) is 37.1 Å². The molecule has 0 saturated carbocycles. The number of amides is 1. The van der Waals surface area contributed by atoms with E-state index in [2.05, 4.69) is 34.2 Å². The molecule has 3 aromatic rings. The number of benzene rings is 1. The SMILES string of the molecule is C#C.CNc1nc2ccccc2s1.C[C@H]1CN(C=O)CCN1c1ncc(CCCO)cc1F. The average molecular weight is 472 g/mol. The Morgan fingerprint density at radius 2 is 2.09 bits per heavy atom. The zero-order valence-corrected chi connectivity index (χ0v) is 19.8. The van der Waals surface area contributed by atoms with Crippen molar-refractivity contribution in [1.82, 2.24) is 14.9 Å². The second kappa shape index (κ2) is 13.4. The highest BCUT2D eigenvalue weighted by atomic mass is 32.1. The number of fused-ring (bicyclic) bond motifs is 1. The van der Waals surface area contributed by atoms with Gasteiger partial charge in [-0.05, 0) is 43.5 Å². The number of para-hydroxylation sites is 1. The lowest BCUT2D eigenvalue weighted by molar-refractivity contribution is -0.118. The second-order valence-corrected chi connectivity index (χ2v) is 8.39. The van der Waals surface area contributed by atoms with E-state index in [0.717, 1.165) is 22.6 Å². The number of terminal acetylenes is 1. The highest BCUT2D eigenvalue weighted by Gasteiger charge is 2.25. The summed E-state index contributed by atoms with van der Waals surface area (Å²) in [6.45, 7) is 3.79. The molecular weight excluding hydrogens is 441 g/mol. The van der Waals surface area contributed by atoms with E-state index in [1.54, 1.807) is 22.4 Å². The van der Waals surface area contributed by atoms with Gasteiger partial charge in [-0.1, -0.05) is 23.5 Å². The number of hydrogen-bond acceptors (Lipinski definition) is 7. The molecule has 3 heterocycles. The molecule has 0 bridgehead atoms. The third kappa shape index (κ3) is 7.14. The number of anilines is 2. The van der Waals surface area contributed by atoms with Crippen LogP contribution in [0.15, 0.2) is 36.5 Å². The van der Waals surface area contributed by atoms with E-state index in [4.69, 9.17) is 5.11 Å². The van der Waals surface area contributed by atoms with Gasteiger partial charge in [-0.25, -0.2) is 14.4 Å². The van der Waals surface area contributed by atoms with Gasteiger partial charge in [-0.3, -0.25) is 4.79 Å². The van der Waals surface area contributed by atoms with Gasteiger partial charge in [-0.2, -0.15) is 0 Å². The van der Waals surface area contributed by atoms with Crippen molar-refractivity contribution in [3.8, 4) is 12.8 Å². The maximum absolute atomic E-state index is 14.2. The van der Waals surface area contributed by atoms with Crippen molar-refractivity contribution in [3.05, 3.63) is 47.9 Å². The Hall–Kier alpha value is -3.22. The van der Waals surface area contributed by atoms with E-state index in [-0.39, 0.29) is 18.5 Å². The van der Waals surface area contributed by atoms with Crippen LogP contribution < -0.4 is 10.2 Å². The van der Waals surface area contributed by atoms with Crippen LogP contribution >= 0.6 is 11.3 Å². The van der Waals surface area contributed by atoms with Crippen LogP contribution in [0.1, 0.15) is 18.9 Å². The van der Waals surface area contributed by atoms with Crippen molar-refractivity contribution in [2.24, 2.45) is 0 Å². The number of nitrogens with zero attached hydrogens (tertiary/aromatic N) is 4. The van der Waals surface area contributed by atoms with Gasteiger partial charge in [0.05, 0.1) is 10.2 Å². The number of piperazine rings is 1. The zero-order valence-electron chi connectivity index (χ0n) is 18.9.